The number of methoxy groups -OCH3 is 1. The van der Waals surface area contributed by atoms with Crippen LogP contribution in [0, 0.1) is 0 Å². The fraction of sp³-hybridized carbons (Fsp3) is 0.600. The Morgan fingerprint density at radius 1 is 1.29 bits per heavy atom. The predicted octanol–water partition coefficient (Wildman–Crippen LogP) is 2.95. The summed E-state index contributed by atoms with van der Waals surface area (Å²) < 4.78 is 16.2. The number of benzene rings is 1. The smallest absolute Gasteiger partial charge is 0.146 e. The normalized spacial score (nSPS) is 15.6. The van der Waals surface area contributed by atoms with E-state index in [1.807, 2.05) is 30.3 Å². The summed E-state index contributed by atoms with van der Waals surface area (Å²) in [4.78, 5) is -0.167. The topological polar surface area (TPSA) is 47.9 Å². The molecule has 1 rings (SSSR count). The Kier molecular flexibility index (Phi) is 10.3. The van der Waals surface area contributed by atoms with E-state index in [-0.39, 0.29) is 24.3 Å². The lowest BCUT2D eigenvalue weighted by Gasteiger charge is -2.25. The molecular weight excluding hydrogens is 360 g/mol. The lowest BCUT2D eigenvalue weighted by atomic mass is 10.1. The van der Waals surface area contributed by atoms with Gasteiger partial charge in [-0.15, -0.1) is 11.6 Å². The summed E-state index contributed by atoms with van der Waals surface area (Å²) in [6.45, 7) is 1.17. The van der Waals surface area contributed by atoms with E-state index in [9.17, 15) is 0 Å². The molecule has 0 amide bonds. The quantitative estimate of drug-likeness (QED) is 0.364. The minimum Gasteiger partial charge on any atom is -0.395 e. The zero-order valence-electron chi connectivity index (χ0n) is 12.1. The molecule has 1 unspecified atom stereocenters. The van der Waals surface area contributed by atoms with Gasteiger partial charge in [-0.3, -0.25) is 0 Å². The van der Waals surface area contributed by atoms with Crippen molar-refractivity contribution in [1.29, 1.82) is 0 Å². The highest BCUT2D eigenvalue weighted by Crippen LogP contribution is 2.21. The Hall–Kier alpha value is -0.170. The number of aliphatic hydroxyl groups is 1. The monoisotopic (exact) mass is 380 g/mol. The van der Waals surface area contributed by atoms with E-state index in [1.54, 1.807) is 7.11 Å². The van der Waals surface area contributed by atoms with Crippen molar-refractivity contribution in [3.8, 4) is 0 Å². The summed E-state index contributed by atoms with van der Waals surface area (Å²) in [7, 11) is 1.57. The minimum atomic E-state index is -0.416. The molecule has 0 fully saturated rings. The van der Waals surface area contributed by atoms with Gasteiger partial charge in [0.2, 0.25) is 0 Å². The Morgan fingerprint density at radius 3 is 2.62 bits per heavy atom. The molecule has 0 aliphatic rings. The van der Waals surface area contributed by atoms with Crippen molar-refractivity contribution in [1.82, 2.24) is 0 Å². The SMILES string of the molecule is COCOC(CCOCc1ccccc1)[C@@H](Br)[C@H](Cl)CO. The number of hydrogen-bond acceptors (Lipinski definition) is 4. The van der Waals surface area contributed by atoms with E-state index < -0.39 is 5.38 Å². The van der Waals surface area contributed by atoms with E-state index in [4.69, 9.17) is 30.9 Å². The van der Waals surface area contributed by atoms with Crippen LogP contribution in [0.5, 0.6) is 0 Å². The molecule has 0 aromatic heterocycles. The standard InChI is InChI=1S/C15H22BrClO4/c1-19-11-21-14(15(16)13(17)9-18)7-8-20-10-12-5-3-2-4-6-12/h2-6,13-15,18H,7-11H2,1H3/t13-,14?,15+/m1/s1. The van der Waals surface area contributed by atoms with Gasteiger partial charge in [-0.1, -0.05) is 46.3 Å². The minimum absolute atomic E-state index is 0.116. The van der Waals surface area contributed by atoms with Crippen LogP contribution in [0.15, 0.2) is 30.3 Å². The van der Waals surface area contributed by atoms with Crippen LogP contribution in [0.4, 0.5) is 0 Å². The van der Waals surface area contributed by atoms with E-state index in [2.05, 4.69) is 15.9 Å². The molecule has 120 valence electrons. The summed E-state index contributed by atoms with van der Waals surface area (Å²) in [6, 6.07) is 9.98. The molecule has 0 aliphatic heterocycles. The first kappa shape index (κ1) is 18.9. The average Bonchev–Trinajstić information content (AvgIpc) is 2.53. The van der Waals surface area contributed by atoms with Crippen LogP contribution < -0.4 is 0 Å². The highest BCUT2D eigenvalue weighted by atomic mass is 79.9. The van der Waals surface area contributed by atoms with Gasteiger partial charge in [0.05, 0.1) is 29.5 Å². The van der Waals surface area contributed by atoms with Crippen molar-refractivity contribution in [3.63, 3.8) is 0 Å². The molecule has 3 atom stereocenters. The molecule has 0 heterocycles. The molecule has 1 aromatic carbocycles. The van der Waals surface area contributed by atoms with E-state index >= 15 is 0 Å². The Bertz CT molecular complexity index is 366. The van der Waals surface area contributed by atoms with Gasteiger partial charge >= 0.3 is 0 Å². The molecule has 0 bridgehead atoms. The second-order valence-electron chi connectivity index (χ2n) is 4.58. The lowest BCUT2D eigenvalue weighted by molar-refractivity contribution is -0.0811. The van der Waals surface area contributed by atoms with Crippen LogP contribution in [0.3, 0.4) is 0 Å². The largest absolute Gasteiger partial charge is 0.395 e. The maximum absolute atomic E-state index is 9.12. The lowest BCUT2D eigenvalue weighted by Crippen LogP contribution is -2.35. The highest BCUT2D eigenvalue weighted by Gasteiger charge is 2.26. The molecule has 0 aliphatic carbocycles. The number of halogens is 2. The first-order valence-electron chi connectivity index (χ1n) is 6.80. The van der Waals surface area contributed by atoms with Gasteiger partial charge in [0.25, 0.3) is 0 Å². The van der Waals surface area contributed by atoms with Gasteiger partial charge < -0.3 is 19.3 Å². The average molecular weight is 382 g/mol. The van der Waals surface area contributed by atoms with Gasteiger partial charge in [0, 0.05) is 13.7 Å². The molecule has 0 radical (unpaired) electrons. The summed E-state index contributed by atoms with van der Waals surface area (Å²) in [5.74, 6) is 0. The van der Waals surface area contributed by atoms with Crippen LogP contribution >= 0.6 is 27.5 Å². The first-order valence-corrected chi connectivity index (χ1v) is 8.15. The molecule has 0 saturated heterocycles. The molecule has 21 heavy (non-hydrogen) atoms. The van der Waals surface area contributed by atoms with Crippen LogP contribution in [0.2, 0.25) is 0 Å². The van der Waals surface area contributed by atoms with Crippen molar-refractivity contribution in [2.24, 2.45) is 0 Å². The maximum Gasteiger partial charge on any atom is 0.146 e. The van der Waals surface area contributed by atoms with E-state index in [1.165, 1.54) is 0 Å². The van der Waals surface area contributed by atoms with E-state index in [0.29, 0.717) is 19.6 Å². The molecule has 0 spiro atoms. The van der Waals surface area contributed by atoms with Gasteiger partial charge in [-0.2, -0.15) is 0 Å². The van der Waals surface area contributed by atoms with Crippen molar-refractivity contribution < 1.29 is 19.3 Å². The molecule has 0 saturated carbocycles. The van der Waals surface area contributed by atoms with Gasteiger partial charge in [0.15, 0.2) is 0 Å². The van der Waals surface area contributed by atoms with Crippen molar-refractivity contribution in [2.75, 3.05) is 27.1 Å². The first-order chi connectivity index (χ1) is 10.2. The van der Waals surface area contributed by atoms with Gasteiger partial charge in [-0.25, -0.2) is 0 Å². The number of hydrogen-bond donors (Lipinski definition) is 1. The molecule has 1 aromatic rings. The third-order valence-corrected chi connectivity index (χ3v) is 4.87. The second-order valence-corrected chi connectivity index (χ2v) is 6.20. The number of aliphatic hydroxyl groups excluding tert-OH is 1. The summed E-state index contributed by atoms with van der Waals surface area (Å²) in [5, 5.41) is 8.70. The van der Waals surface area contributed by atoms with Gasteiger partial charge in [-0.05, 0) is 12.0 Å². The summed E-state index contributed by atoms with van der Waals surface area (Å²) in [5.41, 5.74) is 1.13. The molecule has 4 nitrogen and oxygen atoms in total. The van der Waals surface area contributed by atoms with Crippen LogP contribution in [0.1, 0.15) is 12.0 Å². The highest BCUT2D eigenvalue weighted by molar-refractivity contribution is 9.09. The molecule has 1 N–H and O–H groups in total. The summed E-state index contributed by atoms with van der Waals surface area (Å²) in [6.07, 6.45) is 0.477. The fourth-order valence-electron chi connectivity index (χ4n) is 1.79. The maximum atomic E-state index is 9.12. The van der Waals surface area contributed by atoms with Crippen LogP contribution in [-0.4, -0.2) is 48.5 Å². The molecule has 6 heteroatoms. The van der Waals surface area contributed by atoms with Crippen LogP contribution in [-0.2, 0) is 20.8 Å². The van der Waals surface area contributed by atoms with Crippen molar-refractivity contribution in [3.05, 3.63) is 35.9 Å². The third kappa shape index (κ3) is 7.58. The second kappa shape index (κ2) is 11.4. The Morgan fingerprint density at radius 2 is 2.00 bits per heavy atom. The van der Waals surface area contributed by atoms with Crippen molar-refractivity contribution >= 4 is 27.5 Å². The van der Waals surface area contributed by atoms with Crippen molar-refractivity contribution in [2.45, 2.75) is 29.3 Å². The Labute approximate surface area is 139 Å². The molecular formula is C15H22BrClO4. The predicted molar refractivity (Wildman–Crippen MR) is 86.9 cm³/mol. The Balaban J connectivity index is 2.34. The zero-order valence-corrected chi connectivity index (χ0v) is 14.4. The number of ether oxygens (including phenoxy) is 3. The summed E-state index contributed by atoms with van der Waals surface area (Å²) >= 11 is 9.51. The number of rotatable bonds is 11. The van der Waals surface area contributed by atoms with E-state index in [0.717, 1.165) is 5.56 Å². The number of alkyl halides is 2. The van der Waals surface area contributed by atoms with Gasteiger partial charge in [0.1, 0.15) is 6.79 Å². The fourth-order valence-corrected chi connectivity index (χ4v) is 2.53. The third-order valence-electron chi connectivity index (χ3n) is 2.93. The van der Waals surface area contributed by atoms with Crippen LogP contribution in [0.25, 0.3) is 0 Å². The zero-order chi connectivity index (χ0) is 15.5.